The Balaban J connectivity index is 2.71. The molecule has 0 spiro atoms. The monoisotopic (exact) mass is 256 g/mol. The number of aromatic nitrogens is 2. The summed E-state index contributed by atoms with van der Waals surface area (Å²) in [5.41, 5.74) is 5.34. The minimum atomic E-state index is -0.586. The summed E-state index contributed by atoms with van der Waals surface area (Å²) in [4.78, 5) is 17.7. The summed E-state index contributed by atoms with van der Waals surface area (Å²) in [6.07, 6.45) is 0.902. The predicted molar refractivity (Wildman–Crippen MR) is 64.4 cm³/mol. The SMILES string of the molecule is CCCOCCOc1nc(N)nc(C)c1[N+](=O)[O-]. The highest BCUT2D eigenvalue weighted by Crippen LogP contribution is 2.27. The highest BCUT2D eigenvalue weighted by Gasteiger charge is 2.22. The van der Waals surface area contributed by atoms with E-state index in [4.69, 9.17) is 15.2 Å². The first-order valence-corrected chi connectivity index (χ1v) is 5.55. The number of nitrogens with two attached hydrogens (primary N) is 1. The second-order valence-corrected chi connectivity index (χ2v) is 3.54. The van der Waals surface area contributed by atoms with Crippen molar-refractivity contribution in [2.24, 2.45) is 0 Å². The average molecular weight is 256 g/mol. The normalized spacial score (nSPS) is 10.3. The molecule has 0 fully saturated rings. The van der Waals surface area contributed by atoms with Gasteiger partial charge in [-0.25, -0.2) is 4.98 Å². The van der Waals surface area contributed by atoms with Gasteiger partial charge in [0.15, 0.2) is 0 Å². The van der Waals surface area contributed by atoms with E-state index < -0.39 is 4.92 Å². The second-order valence-electron chi connectivity index (χ2n) is 3.54. The number of rotatable bonds is 7. The number of hydrogen-bond acceptors (Lipinski definition) is 7. The number of nitro groups is 1. The predicted octanol–water partition coefficient (Wildman–Crippen LogP) is 1.08. The largest absolute Gasteiger partial charge is 0.470 e. The van der Waals surface area contributed by atoms with E-state index in [2.05, 4.69) is 9.97 Å². The van der Waals surface area contributed by atoms with Crippen LogP contribution in [0.25, 0.3) is 0 Å². The fourth-order valence-corrected chi connectivity index (χ4v) is 1.32. The second kappa shape index (κ2) is 6.70. The smallest absolute Gasteiger partial charge is 0.352 e. The molecule has 1 heterocycles. The van der Waals surface area contributed by atoms with Gasteiger partial charge >= 0.3 is 5.69 Å². The molecule has 0 aliphatic rings. The van der Waals surface area contributed by atoms with Gasteiger partial charge in [-0.2, -0.15) is 4.98 Å². The molecular formula is C10H16N4O4. The fraction of sp³-hybridized carbons (Fsp3) is 0.600. The van der Waals surface area contributed by atoms with Crippen molar-refractivity contribution in [2.45, 2.75) is 20.3 Å². The molecule has 0 amide bonds. The first-order valence-electron chi connectivity index (χ1n) is 5.55. The van der Waals surface area contributed by atoms with E-state index in [0.717, 1.165) is 6.42 Å². The van der Waals surface area contributed by atoms with Crippen molar-refractivity contribution in [1.29, 1.82) is 0 Å². The molecule has 0 unspecified atom stereocenters. The van der Waals surface area contributed by atoms with Crippen molar-refractivity contribution in [3.63, 3.8) is 0 Å². The summed E-state index contributed by atoms with van der Waals surface area (Å²) in [5.74, 6) is -0.173. The molecule has 0 aliphatic heterocycles. The van der Waals surface area contributed by atoms with E-state index in [1.54, 1.807) is 0 Å². The highest BCUT2D eigenvalue weighted by molar-refractivity contribution is 5.47. The van der Waals surface area contributed by atoms with Gasteiger partial charge in [0.25, 0.3) is 5.88 Å². The Morgan fingerprint density at radius 3 is 2.67 bits per heavy atom. The van der Waals surface area contributed by atoms with Crippen molar-refractivity contribution in [1.82, 2.24) is 9.97 Å². The maximum Gasteiger partial charge on any atom is 0.352 e. The number of hydrogen-bond donors (Lipinski definition) is 1. The van der Waals surface area contributed by atoms with Gasteiger partial charge in [0, 0.05) is 6.61 Å². The van der Waals surface area contributed by atoms with Gasteiger partial charge in [-0.05, 0) is 13.3 Å². The van der Waals surface area contributed by atoms with Gasteiger partial charge in [-0.3, -0.25) is 10.1 Å². The Kier molecular flexibility index (Phi) is 5.25. The van der Waals surface area contributed by atoms with E-state index in [-0.39, 0.29) is 29.8 Å². The van der Waals surface area contributed by atoms with Gasteiger partial charge in [-0.15, -0.1) is 0 Å². The van der Waals surface area contributed by atoms with Gasteiger partial charge in [0.2, 0.25) is 5.95 Å². The molecule has 0 radical (unpaired) electrons. The third-order valence-corrected chi connectivity index (χ3v) is 2.04. The lowest BCUT2D eigenvalue weighted by atomic mass is 10.3. The molecule has 2 N–H and O–H groups in total. The van der Waals surface area contributed by atoms with E-state index in [1.165, 1.54) is 6.92 Å². The zero-order valence-electron chi connectivity index (χ0n) is 10.4. The number of nitrogens with zero attached hydrogens (tertiary/aromatic N) is 3. The van der Waals surface area contributed by atoms with Crippen molar-refractivity contribution in [2.75, 3.05) is 25.6 Å². The summed E-state index contributed by atoms with van der Waals surface area (Å²) in [5, 5.41) is 10.9. The minimum Gasteiger partial charge on any atom is -0.470 e. The Morgan fingerprint density at radius 2 is 2.06 bits per heavy atom. The van der Waals surface area contributed by atoms with Crippen molar-refractivity contribution < 1.29 is 14.4 Å². The van der Waals surface area contributed by atoms with Crippen LogP contribution in [-0.4, -0.2) is 34.7 Å². The molecule has 8 nitrogen and oxygen atoms in total. The first kappa shape index (κ1) is 14.1. The third-order valence-electron chi connectivity index (χ3n) is 2.04. The van der Waals surface area contributed by atoms with E-state index in [1.807, 2.05) is 6.92 Å². The van der Waals surface area contributed by atoms with Crippen LogP contribution in [0.5, 0.6) is 5.88 Å². The van der Waals surface area contributed by atoms with Crippen molar-refractivity contribution >= 4 is 11.6 Å². The Morgan fingerprint density at radius 1 is 1.33 bits per heavy atom. The summed E-state index contributed by atoms with van der Waals surface area (Å²) in [6.45, 7) is 4.61. The zero-order valence-corrected chi connectivity index (χ0v) is 10.4. The molecule has 0 bridgehead atoms. The quantitative estimate of drug-likeness (QED) is 0.441. The topological polar surface area (TPSA) is 113 Å². The van der Waals surface area contributed by atoms with Crippen LogP contribution in [-0.2, 0) is 4.74 Å². The average Bonchev–Trinajstić information content (AvgIpc) is 2.27. The molecule has 18 heavy (non-hydrogen) atoms. The van der Waals surface area contributed by atoms with E-state index in [0.29, 0.717) is 13.2 Å². The molecular weight excluding hydrogens is 240 g/mol. The van der Waals surface area contributed by atoms with Crippen molar-refractivity contribution in [3.05, 3.63) is 15.8 Å². The van der Waals surface area contributed by atoms with Crippen LogP contribution >= 0.6 is 0 Å². The molecule has 0 atom stereocenters. The summed E-state index contributed by atoms with van der Waals surface area (Å²) in [6, 6.07) is 0. The Labute approximate surface area is 104 Å². The first-order chi connectivity index (χ1) is 8.56. The van der Waals surface area contributed by atoms with Crippen molar-refractivity contribution in [3.8, 4) is 5.88 Å². The molecule has 0 saturated heterocycles. The minimum absolute atomic E-state index is 0.0532. The van der Waals surface area contributed by atoms with Gasteiger partial charge in [0.1, 0.15) is 12.3 Å². The fourth-order valence-electron chi connectivity index (χ4n) is 1.32. The van der Waals surface area contributed by atoms with Crippen LogP contribution in [0, 0.1) is 17.0 Å². The Hall–Kier alpha value is -1.96. The zero-order chi connectivity index (χ0) is 13.5. The number of anilines is 1. The molecule has 1 rings (SSSR count). The third kappa shape index (κ3) is 3.81. The van der Waals surface area contributed by atoms with Gasteiger partial charge in [0.05, 0.1) is 11.5 Å². The van der Waals surface area contributed by atoms with E-state index >= 15 is 0 Å². The lowest BCUT2D eigenvalue weighted by Crippen LogP contribution is -2.11. The van der Waals surface area contributed by atoms with Gasteiger partial charge < -0.3 is 15.2 Å². The van der Waals surface area contributed by atoms with Crippen LogP contribution < -0.4 is 10.5 Å². The maximum absolute atomic E-state index is 10.9. The maximum atomic E-state index is 10.9. The van der Waals surface area contributed by atoms with E-state index in [9.17, 15) is 10.1 Å². The van der Waals surface area contributed by atoms with Gasteiger partial charge in [-0.1, -0.05) is 6.92 Å². The molecule has 0 aliphatic carbocycles. The lowest BCUT2D eigenvalue weighted by molar-refractivity contribution is -0.387. The molecule has 100 valence electrons. The summed E-state index contributed by atoms with van der Waals surface area (Å²) in [7, 11) is 0. The number of nitrogen functional groups attached to an aromatic ring is 1. The lowest BCUT2D eigenvalue weighted by Gasteiger charge is -2.07. The number of ether oxygens (including phenoxy) is 2. The van der Waals surface area contributed by atoms with Crippen LogP contribution in [0.4, 0.5) is 11.6 Å². The highest BCUT2D eigenvalue weighted by atomic mass is 16.6. The standard InChI is InChI=1S/C10H16N4O4/c1-3-4-17-5-6-18-9-8(14(15)16)7(2)12-10(11)13-9/h3-6H2,1-2H3,(H2,11,12,13). The van der Waals surface area contributed by atoms with Crippen LogP contribution in [0.15, 0.2) is 0 Å². The molecule has 1 aromatic heterocycles. The number of aryl methyl sites for hydroxylation is 1. The molecule has 1 aromatic rings. The molecule has 0 saturated carbocycles. The van der Waals surface area contributed by atoms with Crippen LogP contribution in [0.1, 0.15) is 19.0 Å². The summed E-state index contributed by atoms with van der Waals surface area (Å²) < 4.78 is 10.4. The molecule has 8 heteroatoms. The van der Waals surface area contributed by atoms with Crippen LogP contribution in [0.2, 0.25) is 0 Å². The summed E-state index contributed by atoms with van der Waals surface area (Å²) >= 11 is 0. The van der Waals surface area contributed by atoms with Crippen LogP contribution in [0.3, 0.4) is 0 Å². The Bertz CT molecular complexity index is 425. The molecule has 0 aromatic carbocycles.